The van der Waals surface area contributed by atoms with Crippen LogP contribution >= 0.6 is 0 Å². The number of benzene rings is 1. The topological polar surface area (TPSA) is 90.5 Å². The minimum Gasteiger partial charge on any atom is -0.334 e. The molecule has 134 valence electrons. The van der Waals surface area contributed by atoms with E-state index in [1.54, 1.807) is 12.1 Å². The van der Waals surface area contributed by atoms with Crippen molar-refractivity contribution in [1.29, 1.82) is 0 Å². The Morgan fingerprint density at radius 3 is 2.52 bits per heavy atom. The van der Waals surface area contributed by atoms with Gasteiger partial charge in [0.25, 0.3) is 5.91 Å². The van der Waals surface area contributed by atoms with E-state index in [4.69, 9.17) is 0 Å². The van der Waals surface area contributed by atoms with Gasteiger partial charge in [-0.15, -0.1) is 0 Å². The van der Waals surface area contributed by atoms with E-state index in [0.717, 1.165) is 30.7 Å². The summed E-state index contributed by atoms with van der Waals surface area (Å²) < 4.78 is 0. The molecule has 3 rings (SSSR count). The molecule has 0 aromatic heterocycles. The molecular formula is C18H24N4O3. The molecule has 0 bridgehead atoms. The number of rotatable bonds is 4. The highest BCUT2D eigenvalue weighted by Crippen LogP contribution is 2.31. The summed E-state index contributed by atoms with van der Waals surface area (Å²) in [6.45, 7) is 1.83. The molecule has 1 saturated heterocycles. The number of hydrogen-bond acceptors (Lipinski definition) is 3. The van der Waals surface area contributed by atoms with Crippen LogP contribution in [0.25, 0.3) is 0 Å². The molecule has 0 unspecified atom stereocenters. The lowest BCUT2D eigenvalue weighted by Gasteiger charge is -2.26. The highest BCUT2D eigenvalue weighted by atomic mass is 16.2. The van der Waals surface area contributed by atoms with Gasteiger partial charge in [-0.25, -0.2) is 15.0 Å². The van der Waals surface area contributed by atoms with Crippen LogP contribution in [0.1, 0.15) is 51.0 Å². The predicted molar refractivity (Wildman–Crippen MR) is 92.3 cm³/mol. The number of carbonyl (C=O) groups excluding carboxylic acids is 3. The summed E-state index contributed by atoms with van der Waals surface area (Å²) >= 11 is 0. The van der Waals surface area contributed by atoms with Gasteiger partial charge in [-0.3, -0.25) is 4.79 Å². The molecule has 7 heteroatoms. The van der Waals surface area contributed by atoms with Crippen molar-refractivity contribution in [2.75, 3.05) is 0 Å². The van der Waals surface area contributed by atoms with Crippen LogP contribution in [0.2, 0.25) is 0 Å². The molecule has 2 aliphatic rings. The molecule has 1 aliphatic heterocycles. The number of nitrogens with zero attached hydrogens (tertiary/aromatic N) is 1. The normalized spacial score (nSPS) is 24.1. The first-order valence-electron chi connectivity index (χ1n) is 8.86. The Morgan fingerprint density at radius 1 is 1.20 bits per heavy atom. The van der Waals surface area contributed by atoms with Crippen molar-refractivity contribution in [2.45, 2.75) is 57.0 Å². The summed E-state index contributed by atoms with van der Waals surface area (Å²) in [4.78, 5) is 37.4. The van der Waals surface area contributed by atoms with Gasteiger partial charge in [0.2, 0.25) is 0 Å². The fourth-order valence-electron chi connectivity index (χ4n) is 3.60. The lowest BCUT2D eigenvalue weighted by molar-refractivity contribution is -0.133. The van der Waals surface area contributed by atoms with E-state index in [1.807, 2.05) is 25.1 Å². The second-order valence-corrected chi connectivity index (χ2v) is 6.62. The van der Waals surface area contributed by atoms with Crippen LogP contribution in [-0.2, 0) is 10.3 Å². The summed E-state index contributed by atoms with van der Waals surface area (Å²) in [6, 6.07) is 8.04. The molecular weight excluding hydrogens is 320 g/mol. The van der Waals surface area contributed by atoms with Crippen molar-refractivity contribution >= 4 is 18.0 Å². The lowest BCUT2D eigenvalue weighted by atomic mass is 9.87. The molecule has 0 spiro atoms. The Morgan fingerprint density at radius 2 is 1.88 bits per heavy atom. The van der Waals surface area contributed by atoms with E-state index in [0.29, 0.717) is 12.0 Å². The van der Waals surface area contributed by atoms with Crippen molar-refractivity contribution in [3.63, 3.8) is 0 Å². The van der Waals surface area contributed by atoms with Gasteiger partial charge < -0.3 is 10.6 Å². The van der Waals surface area contributed by atoms with Crippen LogP contribution in [0.4, 0.5) is 9.59 Å². The Bertz CT molecular complexity index is 658. The second-order valence-electron chi connectivity index (χ2n) is 6.62. The maximum absolute atomic E-state index is 12.9. The molecule has 0 radical (unpaired) electrons. The molecule has 2 fully saturated rings. The fraction of sp³-hybridized carbons (Fsp3) is 0.500. The van der Waals surface area contributed by atoms with Crippen LogP contribution < -0.4 is 16.1 Å². The highest BCUT2D eigenvalue weighted by molar-refractivity contribution is 6.08. The van der Waals surface area contributed by atoms with E-state index < -0.39 is 23.5 Å². The molecule has 1 atom stereocenters. The van der Waals surface area contributed by atoms with Crippen LogP contribution in [0.15, 0.2) is 30.3 Å². The van der Waals surface area contributed by atoms with Gasteiger partial charge in [0.1, 0.15) is 5.54 Å². The van der Waals surface area contributed by atoms with Gasteiger partial charge >= 0.3 is 12.1 Å². The van der Waals surface area contributed by atoms with E-state index in [9.17, 15) is 14.4 Å². The molecule has 1 saturated carbocycles. The first-order valence-corrected chi connectivity index (χ1v) is 8.86. The molecule has 25 heavy (non-hydrogen) atoms. The largest absolute Gasteiger partial charge is 0.344 e. The van der Waals surface area contributed by atoms with Gasteiger partial charge in [0, 0.05) is 6.04 Å². The van der Waals surface area contributed by atoms with Crippen LogP contribution in [-0.4, -0.2) is 29.0 Å². The zero-order chi connectivity index (χ0) is 17.9. The number of nitrogens with one attached hydrogen (secondary N) is 3. The van der Waals surface area contributed by atoms with Crippen molar-refractivity contribution in [3.05, 3.63) is 35.9 Å². The lowest BCUT2D eigenvalue weighted by Crippen LogP contribution is -2.53. The minimum absolute atomic E-state index is 0.0968. The Labute approximate surface area is 147 Å². The average Bonchev–Trinajstić information content (AvgIpc) is 2.88. The number of amides is 5. The Balaban J connectivity index is 1.71. The van der Waals surface area contributed by atoms with Crippen LogP contribution in [0.3, 0.4) is 0 Å². The SMILES string of the molecule is CC[C@]1(c2ccccc2)NC(=O)N(NC(=O)NC2CCCCC2)C1=O. The first-order chi connectivity index (χ1) is 12.1. The maximum atomic E-state index is 12.9. The van der Waals surface area contributed by atoms with Gasteiger partial charge in [-0.2, -0.15) is 5.01 Å². The summed E-state index contributed by atoms with van der Waals surface area (Å²) in [5.74, 6) is -0.468. The first kappa shape index (κ1) is 17.3. The fourth-order valence-corrected chi connectivity index (χ4v) is 3.60. The summed E-state index contributed by atoms with van der Waals surface area (Å²) in [5, 5.41) is 6.37. The zero-order valence-electron chi connectivity index (χ0n) is 14.4. The highest BCUT2D eigenvalue weighted by Gasteiger charge is 2.52. The number of urea groups is 2. The quantitative estimate of drug-likeness (QED) is 0.733. The van der Waals surface area contributed by atoms with E-state index >= 15 is 0 Å². The van der Waals surface area contributed by atoms with Crippen molar-refractivity contribution in [1.82, 2.24) is 21.1 Å². The predicted octanol–water partition coefficient (Wildman–Crippen LogP) is 2.39. The molecule has 1 aliphatic carbocycles. The molecule has 5 amide bonds. The third-order valence-corrected chi connectivity index (χ3v) is 5.04. The monoisotopic (exact) mass is 344 g/mol. The van der Waals surface area contributed by atoms with Crippen LogP contribution in [0, 0.1) is 0 Å². The second kappa shape index (κ2) is 7.13. The van der Waals surface area contributed by atoms with Crippen molar-refractivity contribution in [2.24, 2.45) is 0 Å². The van der Waals surface area contributed by atoms with Gasteiger partial charge in [-0.05, 0) is 24.8 Å². The summed E-state index contributed by atoms with van der Waals surface area (Å²) in [7, 11) is 0. The maximum Gasteiger partial charge on any atom is 0.344 e. The van der Waals surface area contributed by atoms with Crippen LogP contribution in [0.5, 0.6) is 0 Å². The summed E-state index contributed by atoms with van der Waals surface area (Å²) in [6.07, 6.45) is 5.60. The van der Waals surface area contributed by atoms with Gasteiger partial charge in [0.05, 0.1) is 0 Å². The van der Waals surface area contributed by atoms with Crippen molar-refractivity contribution in [3.8, 4) is 0 Å². The van der Waals surface area contributed by atoms with Gasteiger partial charge in [-0.1, -0.05) is 56.5 Å². The number of hydrazine groups is 1. The average molecular weight is 344 g/mol. The number of imide groups is 1. The smallest absolute Gasteiger partial charge is 0.334 e. The molecule has 3 N–H and O–H groups in total. The summed E-state index contributed by atoms with van der Waals surface area (Å²) in [5.41, 5.74) is 1.97. The molecule has 1 aromatic carbocycles. The van der Waals surface area contributed by atoms with E-state index in [-0.39, 0.29) is 6.04 Å². The Kier molecular flexibility index (Phi) is 4.92. The van der Waals surface area contributed by atoms with Gasteiger partial charge in [0.15, 0.2) is 0 Å². The Hall–Kier alpha value is -2.57. The third kappa shape index (κ3) is 3.31. The standard InChI is InChI=1S/C18H24N4O3/c1-2-18(13-9-5-3-6-10-13)15(23)22(17(25)20-18)21-16(24)19-14-11-7-4-8-12-14/h3,5-6,9-10,14H,2,4,7-8,11-12H2,1H3,(H,20,25)(H2,19,21,24)/t18-/m1/s1. The molecule has 1 aromatic rings. The van der Waals surface area contributed by atoms with E-state index in [1.165, 1.54) is 6.42 Å². The van der Waals surface area contributed by atoms with E-state index in [2.05, 4.69) is 16.1 Å². The molecule has 1 heterocycles. The number of hydrogen-bond donors (Lipinski definition) is 3. The zero-order valence-corrected chi connectivity index (χ0v) is 14.4. The minimum atomic E-state index is -1.14. The third-order valence-electron chi connectivity index (χ3n) is 5.04. The van der Waals surface area contributed by atoms with Crippen molar-refractivity contribution < 1.29 is 14.4 Å². The molecule has 7 nitrogen and oxygen atoms in total. The number of carbonyl (C=O) groups is 3.